The maximum atomic E-state index is 12.2. The second kappa shape index (κ2) is 6.35. The van der Waals surface area contributed by atoms with Crippen molar-refractivity contribution < 1.29 is 17.9 Å². The lowest BCUT2D eigenvalue weighted by atomic mass is 10.2. The zero-order chi connectivity index (χ0) is 14.6. The van der Waals surface area contributed by atoms with E-state index >= 15 is 0 Å². The SMILES string of the molecule is CCCNC1CCN(c2cccc(OC(F)(F)F)c2)C1. The van der Waals surface area contributed by atoms with Gasteiger partial charge < -0.3 is 15.0 Å². The summed E-state index contributed by atoms with van der Waals surface area (Å²) in [6, 6.07) is 6.56. The van der Waals surface area contributed by atoms with Gasteiger partial charge in [0.25, 0.3) is 0 Å². The van der Waals surface area contributed by atoms with Crippen LogP contribution < -0.4 is 15.0 Å². The molecule has 1 fully saturated rings. The molecule has 1 N–H and O–H groups in total. The molecule has 0 saturated carbocycles. The van der Waals surface area contributed by atoms with Crippen LogP contribution in [-0.2, 0) is 0 Å². The summed E-state index contributed by atoms with van der Waals surface area (Å²) in [5.74, 6) is -0.167. The number of hydrogen-bond donors (Lipinski definition) is 1. The number of alkyl halides is 3. The number of nitrogens with one attached hydrogen (secondary N) is 1. The summed E-state index contributed by atoms with van der Waals surface area (Å²) in [5.41, 5.74) is 0.771. The average molecular weight is 288 g/mol. The maximum absolute atomic E-state index is 12.2. The van der Waals surface area contributed by atoms with E-state index in [0.29, 0.717) is 6.04 Å². The normalized spacial score (nSPS) is 19.4. The summed E-state index contributed by atoms with van der Waals surface area (Å²) in [6.07, 6.45) is -2.56. The number of ether oxygens (including phenoxy) is 1. The highest BCUT2D eigenvalue weighted by Crippen LogP contribution is 2.28. The first-order valence-electron chi connectivity index (χ1n) is 6.82. The quantitative estimate of drug-likeness (QED) is 0.900. The van der Waals surface area contributed by atoms with E-state index in [2.05, 4.69) is 21.9 Å². The van der Waals surface area contributed by atoms with Crippen molar-refractivity contribution in [1.29, 1.82) is 0 Å². The number of hydrogen-bond acceptors (Lipinski definition) is 3. The fourth-order valence-electron chi connectivity index (χ4n) is 2.39. The van der Waals surface area contributed by atoms with Crippen molar-refractivity contribution >= 4 is 5.69 Å². The van der Waals surface area contributed by atoms with E-state index < -0.39 is 6.36 Å². The maximum Gasteiger partial charge on any atom is 0.573 e. The Morgan fingerprint density at radius 2 is 2.20 bits per heavy atom. The second-order valence-corrected chi connectivity index (χ2v) is 4.93. The van der Waals surface area contributed by atoms with Gasteiger partial charge in [-0.05, 0) is 31.5 Å². The lowest BCUT2D eigenvalue weighted by Gasteiger charge is -2.20. The van der Waals surface area contributed by atoms with Crippen molar-refractivity contribution in [2.24, 2.45) is 0 Å². The van der Waals surface area contributed by atoms with Crippen LogP contribution in [0.15, 0.2) is 24.3 Å². The predicted octanol–water partition coefficient (Wildman–Crippen LogP) is 3.16. The summed E-state index contributed by atoms with van der Waals surface area (Å²) < 4.78 is 40.6. The average Bonchev–Trinajstić information content (AvgIpc) is 2.83. The number of halogens is 3. The molecule has 0 aromatic heterocycles. The molecule has 1 aromatic rings. The standard InChI is InChI=1S/C14H19F3N2O/c1-2-7-18-11-6-8-19(10-11)12-4-3-5-13(9-12)20-14(15,16)17/h3-5,9,11,18H,2,6-8,10H2,1H3. The predicted molar refractivity (Wildman–Crippen MR) is 72.0 cm³/mol. The molecule has 1 aliphatic rings. The van der Waals surface area contributed by atoms with E-state index in [4.69, 9.17) is 0 Å². The Hall–Kier alpha value is -1.43. The highest BCUT2D eigenvalue weighted by molar-refractivity contribution is 5.51. The third-order valence-corrected chi connectivity index (χ3v) is 3.29. The Labute approximate surface area is 116 Å². The minimum absolute atomic E-state index is 0.167. The van der Waals surface area contributed by atoms with Crippen molar-refractivity contribution in [2.75, 3.05) is 24.5 Å². The van der Waals surface area contributed by atoms with Gasteiger partial charge in [-0.25, -0.2) is 0 Å². The van der Waals surface area contributed by atoms with E-state index in [0.717, 1.165) is 38.2 Å². The largest absolute Gasteiger partial charge is 0.573 e. The number of benzene rings is 1. The van der Waals surface area contributed by atoms with Gasteiger partial charge in [-0.15, -0.1) is 13.2 Å². The minimum Gasteiger partial charge on any atom is -0.406 e. The number of anilines is 1. The molecule has 1 heterocycles. The highest BCUT2D eigenvalue weighted by atomic mass is 19.4. The molecule has 1 unspecified atom stereocenters. The Morgan fingerprint density at radius 1 is 1.40 bits per heavy atom. The van der Waals surface area contributed by atoms with Crippen molar-refractivity contribution in [1.82, 2.24) is 5.32 Å². The first kappa shape index (κ1) is 15.0. The number of nitrogens with zero attached hydrogens (tertiary/aromatic N) is 1. The lowest BCUT2D eigenvalue weighted by molar-refractivity contribution is -0.274. The van der Waals surface area contributed by atoms with E-state index in [-0.39, 0.29) is 5.75 Å². The van der Waals surface area contributed by atoms with Crippen LogP contribution in [0.5, 0.6) is 5.75 Å². The molecule has 2 rings (SSSR count). The van der Waals surface area contributed by atoms with Gasteiger partial charge in [0.1, 0.15) is 5.75 Å². The van der Waals surface area contributed by atoms with Crippen LogP contribution in [0, 0.1) is 0 Å². The summed E-state index contributed by atoms with van der Waals surface area (Å²) in [5, 5.41) is 3.43. The van der Waals surface area contributed by atoms with Crippen molar-refractivity contribution in [3.8, 4) is 5.75 Å². The van der Waals surface area contributed by atoms with Gasteiger partial charge in [0, 0.05) is 30.9 Å². The molecule has 0 aliphatic carbocycles. The van der Waals surface area contributed by atoms with Crippen LogP contribution in [0.4, 0.5) is 18.9 Å². The Balaban J connectivity index is 1.98. The summed E-state index contributed by atoms with van der Waals surface area (Å²) in [4.78, 5) is 2.08. The molecular weight excluding hydrogens is 269 g/mol. The van der Waals surface area contributed by atoms with E-state index in [1.807, 2.05) is 6.07 Å². The first-order chi connectivity index (χ1) is 9.48. The molecule has 1 aromatic carbocycles. The molecule has 6 heteroatoms. The van der Waals surface area contributed by atoms with Crippen LogP contribution in [0.1, 0.15) is 19.8 Å². The topological polar surface area (TPSA) is 24.5 Å². The fourth-order valence-corrected chi connectivity index (χ4v) is 2.39. The fraction of sp³-hybridized carbons (Fsp3) is 0.571. The van der Waals surface area contributed by atoms with Gasteiger partial charge in [-0.1, -0.05) is 13.0 Å². The van der Waals surface area contributed by atoms with Crippen LogP contribution in [-0.4, -0.2) is 32.0 Å². The minimum atomic E-state index is -4.64. The highest BCUT2D eigenvalue weighted by Gasteiger charge is 2.31. The molecule has 1 atom stereocenters. The molecule has 112 valence electrons. The van der Waals surface area contributed by atoms with Crippen LogP contribution in [0.2, 0.25) is 0 Å². The van der Waals surface area contributed by atoms with E-state index in [9.17, 15) is 13.2 Å². The zero-order valence-electron chi connectivity index (χ0n) is 11.4. The molecule has 0 spiro atoms. The lowest BCUT2D eigenvalue weighted by Crippen LogP contribution is -2.32. The van der Waals surface area contributed by atoms with Gasteiger partial charge in [0.05, 0.1) is 0 Å². The van der Waals surface area contributed by atoms with E-state index in [1.54, 1.807) is 6.07 Å². The Kier molecular flexibility index (Phi) is 4.75. The summed E-state index contributed by atoms with van der Waals surface area (Å²) >= 11 is 0. The number of rotatable bonds is 5. The van der Waals surface area contributed by atoms with E-state index in [1.165, 1.54) is 12.1 Å². The summed E-state index contributed by atoms with van der Waals surface area (Å²) in [6.45, 7) is 4.74. The van der Waals surface area contributed by atoms with Crippen molar-refractivity contribution in [2.45, 2.75) is 32.2 Å². The molecule has 0 radical (unpaired) electrons. The van der Waals surface area contributed by atoms with Gasteiger partial charge in [0.2, 0.25) is 0 Å². The van der Waals surface area contributed by atoms with Crippen LogP contribution >= 0.6 is 0 Å². The zero-order valence-corrected chi connectivity index (χ0v) is 11.4. The van der Waals surface area contributed by atoms with Crippen LogP contribution in [0.25, 0.3) is 0 Å². The molecule has 1 aliphatic heterocycles. The molecule has 0 bridgehead atoms. The monoisotopic (exact) mass is 288 g/mol. The molecule has 1 saturated heterocycles. The Bertz CT molecular complexity index is 437. The molecule has 0 amide bonds. The van der Waals surface area contributed by atoms with Crippen LogP contribution in [0.3, 0.4) is 0 Å². The third kappa shape index (κ3) is 4.30. The Morgan fingerprint density at radius 3 is 2.90 bits per heavy atom. The van der Waals surface area contributed by atoms with Gasteiger partial charge in [-0.2, -0.15) is 0 Å². The van der Waals surface area contributed by atoms with Gasteiger partial charge in [0.15, 0.2) is 0 Å². The molecule has 20 heavy (non-hydrogen) atoms. The second-order valence-electron chi connectivity index (χ2n) is 4.93. The molecular formula is C14H19F3N2O. The van der Waals surface area contributed by atoms with Crippen molar-refractivity contribution in [3.63, 3.8) is 0 Å². The van der Waals surface area contributed by atoms with Crippen molar-refractivity contribution in [3.05, 3.63) is 24.3 Å². The first-order valence-corrected chi connectivity index (χ1v) is 6.82. The summed E-state index contributed by atoms with van der Waals surface area (Å²) in [7, 11) is 0. The third-order valence-electron chi connectivity index (χ3n) is 3.29. The van der Waals surface area contributed by atoms with Gasteiger partial charge in [-0.3, -0.25) is 0 Å². The molecule has 3 nitrogen and oxygen atoms in total. The smallest absolute Gasteiger partial charge is 0.406 e. The van der Waals surface area contributed by atoms with Gasteiger partial charge >= 0.3 is 6.36 Å².